The Bertz CT molecular complexity index is 81.7. The molecule has 0 aliphatic rings. The molecule has 2 nitrogen and oxygen atoms in total. The Hall–Kier alpha value is 0.0500. The highest BCUT2D eigenvalue weighted by molar-refractivity contribution is 5.85. The van der Waals surface area contributed by atoms with Crippen molar-refractivity contribution in [2.24, 2.45) is 5.73 Å². The number of carbonyl (C=O) groups excluding carboxylic acids is 1. The zero-order valence-electron chi connectivity index (χ0n) is 8.84. The van der Waals surface area contributed by atoms with Crippen LogP contribution in [0.25, 0.3) is 0 Å². The van der Waals surface area contributed by atoms with Gasteiger partial charge in [0, 0.05) is 6.92 Å². The van der Waals surface area contributed by atoms with Gasteiger partial charge in [0.1, 0.15) is 0 Å². The molecule has 0 aliphatic carbocycles. The van der Waals surface area contributed by atoms with Crippen LogP contribution in [0.15, 0.2) is 0 Å². The normalized spacial score (nSPS) is 7.00. The number of nitrogens with two attached hydrogens (primary N) is 1. The third kappa shape index (κ3) is 74.2. The SMILES string of the molecule is CC(N)=O.CCCCCCC.Cl.Cl. The van der Waals surface area contributed by atoms with Gasteiger partial charge < -0.3 is 5.73 Å². The molecule has 0 atom stereocenters. The lowest BCUT2D eigenvalue weighted by atomic mass is 10.2. The minimum absolute atomic E-state index is 0. The van der Waals surface area contributed by atoms with Gasteiger partial charge in [-0.05, 0) is 0 Å². The number of rotatable bonds is 4. The molecule has 1 amide bonds. The van der Waals surface area contributed by atoms with Crippen molar-refractivity contribution in [3.63, 3.8) is 0 Å². The smallest absolute Gasteiger partial charge is 0.214 e. The number of amides is 1. The van der Waals surface area contributed by atoms with E-state index >= 15 is 0 Å². The standard InChI is InChI=1S/C7H16.C2H5NO.2ClH/c1-3-5-7-6-4-2;1-2(3)4;;/h3-7H2,1-2H3;1H3,(H2,3,4);2*1H. The summed E-state index contributed by atoms with van der Waals surface area (Å²) in [6.07, 6.45) is 7.01. The van der Waals surface area contributed by atoms with E-state index in [1.165, 1.54) is 39.0 Å². The lowest BCUT2D eigenvalue weighted by Crippen LogP contribution is -2.01. The molecule has 0 aliphatic heterocycles. The molecule has 2 N–H and O–H groups in total. The van der Waals surface area contributed by atoms with E-state index in [9.17, 15) is 4.79 Å². The van der Waals surface area contributed by atoms with Gasteiger partial charge in [0.15, 0.2) is 0 Å². The van der Waals surface area contributed by atoms with Crippen LogP contribution in [0.5, 0.6) is 0 Å². The molecule has 0 spiro atoms. The van der Waals surface area contributed by atoms with Crippen LogP contribution < -0.4 is 5.73 Å². The van der Waals surface area contributed by atoms with Gasteiger partial charge in [0.05, 0.1) is 0 Å². The number of unbranched alkanes of at least 4 members (excludes halogenated alkanes) is 4. The van der Waals surface area contributed by atoms with Crippen molar-refractivity contribution in [1.29, 1.82) is 0 Å². The Morgan fingerprint density at radius 3 is 1.38 bits per heavy atom. The molecule has 0 aromatic heterocycles. The van der Waals surface area contributed by atoms with E-state index in [2.05, 4.69) is 19.6 Å². The van der Waals surface area contributed by atoms with Crippen LogP contribution >= 0.6 is 24.8 Å². The molecule has 0 saturated carbocycles. The zero-order valence-corrected chi connectivity index (χ0v) is 10.5. The van der Waals surface area contributed by atoms with Gasteiger partial charge in [0.2, 0.25) is 5.91 Å². The zero-order chi connectivity index (χ0) is 9.11. The quantitative estimate of drug-likeness (QED) is 0.742. The summed E-state index contributed by atoms with van der Waals surface area (Å²) in [6.45, 7) is 5.80. The summed E-state index contributed by atoms with van der Waals surface area (Å²) in [6, 6.07) is 0. The first-order valence-electron chi connectivity index (χ1n) is 4.41. The van der Waals surface area contributed by atoms with E-state index in [-0.39, 0.29) is 30.7 Å². The van der Waals surface area contributed by atoms with Crippen LogP contribution in [-0.4, -0.2) is 5.91 Å². The molecular weight excluding hydrogens is 209 g/mol. The Morgan fingerprint density at radius 1 is 1.00 bits per heavy atom. The first-order valence-corrected chi connectivity index (χ1v) is 4.41. The fourth-order valence-corrected chi connectivity index (χ4v) is 0.677. The monoisotopic (exact) mass is 231 g/mol. The second kappa shape index (κ2) is 22.7. The van der Waals surface area contributed by atoms with Crippen molar-refractivity contribution in [3.8, 4) is 0 Å². The number of hydrogen-bond donors (Lipinski definition) is 1. The molecule has 0 aromatic rings. The lowest BCUT2D eigenvalue weighted by Gasteiger charge is -1.90. The van der Waals surface area contributed by atoms with Crippen molar-refractivity contribution in [2.45, 2.75) is 52.9 Å². The van der Waals surface area contributed by atoms with Gasteiger partial charge >= 0.3 is 0 Å². The van der Waals surface area contributed by atoms with Crippen LogP contribution in [-0.2, 0) is 4.79 Å². The van der Waals surface area contributed by atoms with Gasteiger partial charge in [-0.2, -0.15) is 0 Å². The molecule has 0 rings (SSSR count). The maximum absolute atomic E-state index is 9.22. The van der Waals surface area contributed by atoms with E-state index in [4.69, 9.17) is 0 Å². The number of primary amides is 1. The molecule has 84 valence electrons. The maximum atomic E-state index is 9.22. The summed E-state index contributed by atoms with van der Waals surface area (Å²) in [5, 5.41) is 0. The Labute approximate surface area is 94.5 Å². The van der Waals surface area contributed by atoms with Gasteiger partial charge in [-0.1, -0.05) is 46.0 Å². The third-order valence-electron chi connectivity index (χ3n) is 1.21. The minimum Gasteiger partial charge on any atom is -0.370 e. The summed E-state index contributed by atoms with van der Waals surface area (Å²) in [5.41, 5.74) is 4.47. The molecule has 0 heterocycles. The lowest BCUT2D eigenvalue weighted by molar-refractivity contribution is -0.115. The van der Waals surface area contributed by atoms with Gasteiger partial charge in [-0.15, -0.1) is 24.8 Å². The maximum Gasteiger partial charge on any atom is 0.214 e. The predicted molar refractivity (Wildman–Crippen MR) is 63.8 cm³/mol. The predicted octanol–water partition coefficient (Wildman–Crippen LogP) is 3.31. The average Bonchev–Trinajstić information content (AvgIpc) is 1.88. The highest BCUT2D eigenvalue weighted by Crippen LogP contribution is 2.00. The molecule has 0 radical (unpaired) electrons. The van der Waals surface area contributed by atoms with Crippen molar-refractivity contribution >= 4 is 30.7 Å². The summed E-state index contributed by atoms with van der Waals surface area (Å²) >= 11 is 0. The van der Waals surface area contributed by atoms with E-state index in [1.54, 1.807) is 0 Å². The first-order chi connectivity index (χ1) is 5.15. The van der Waals surface area contributed by atoms with Crippen molar-refractivity contribution in [1.82, 2.24) is 0 Å². The van der Waals surface area contributed by atoms with E-state index in [0.29, 0.717) is 0 Å². The number of hydrogen-bond acceptors (Lipinski definition) is 1. The summed E-state index contributed by atoms with van der Waals surface area (Å²) in [5.74, 6) is -0.333. The van der Waals surface area contributed by atoms with Crippen LogP contribution in [0, 0.1) is 0 Å². The van der Waals surface area contributed by atoms with Crippen molar-refractivity contribution in [2.75, 3.05) is 0 Å². The Balaban J connectivity index is -0.0000000600. The third-order valence-corrected chi connectivity index (χ3v) is 1.21. The molecule has 0 saturated heterocycles. The minimum atomic E-state index is -0.333. The molecule has 0 bridgehead atoms. The fourth-order valence-electron chi connectivity index (χ4n) is 0.677. The van der Waals surface area contributed by atoms with Crippen molar-refractivity contribution < 1.29 is 4.79 Å². The average molecular weight is 232 g/mol. The van der Waals surface area contributed by atoms with Crippen LogP contribution in [0.4, 0.5) is 0 Å². The van der Waals surface area contributed by atoms with E-state index in [0.717, 1.165) is 0 Å². The van der Waals surface area contributed by atoms with Gasteiger partial charge in [0.25, 0.3) is 0 Å². The Kier molecular flexibility index (Phi) is 40.4. The van der Waals surface area contributed by atoms with Crippen LogP contribution in [0.2, 0.25) is 0 Å². The van der Waals surface area contributed by atoms with Gasteiger partial charge in [-0.25, -0.2) is 0 Å². The number of carbonyl (C=O) groups is 1. The molecular formula is C9H23Cl2NO. The Morgan fingerprint density at radius 2 is 1.23 bits per heavy atom. The van der Waals surface area contributed by atoms with Crippen LogP contribution in [0.3, 0.4) is 0 Å². The topological polar surface area (TPSA) is 43.1 Å². The number of halogens is 2. The second-order valence-corrected chi connectivity index (χ2v) is 2.67. The molecule has 4 heteroatoms. The molecule has 0 unspecified atom stereocenters. The molecule has 13 heavy (non-hydrogen) atoms. The molecule has 0 aromatic carbocycles. The molecule has 0 fully saturated rings. The highest BCUT2D eigenvalue weighted by atomic mass is 35.5. The van der Waals surface area contributed by atoms with Crippen molar-refractivity contribution in [3.05, 3.63) is 0 Å². The van der Waals surface area contributed by atoms with Crippen LogP contribution in [0.1, 0.15) is 52.9 Å². The largest absolute Gasteiger partial charge is 0.370 e. The summed E-state index contributed by atoms with van der Waals surface area (Å²) in [4.78, 5) is 9.22. The van der Waals surface area contributed by atoms with E-state index < -0.39 is 0 Å². The highest BCUT2D eigenvalue weighted by Gasteiger charge is 1.80. The summed E-state index contributed by atoms with van der Waals surface area (Å²) in [7, 11) is 0. The fraction of sp³-hybridized carbons (Fsp3) is 0.889. The van der Waals surface area contributed by atoms with Gasteiger partial charge in [-0.3, -0.25) is 4.79 Å². The summed E-state index contributed by atoms with van der Waals surface area (Å²) < 4.78 is 0. The first kappa shape index (κ1) is 23.1. The second-order valence-electron chi connectivity index (χ2n) is 2.67. The van der Waals surface area contributed by atoms with E-state index in [1.807, 2.05) is 0 Å².